The minimum atomic E-state index is -0.293. The van der Waals surface area contributed by atoms with E-state index in [-0.39, 0.29) is 11.9 Å². The van der Waals surface area contributed by atoms with Gasteiger partial charge in [-0.2, -0.15) is 5.26 Å². The van der Waals surface area contributed by atoms with Crippen LogP contribution >= 0.6 is 0 Å². The maximum Gasteiger partial charge on any atom is 0.222 e. The van der Waals surface area contributed by atoms with Crippen molar-refractivity contribution in [2.24, 2.45) is 0 Å². The van der Waals surface area contributed by atoms with Gasteiger partial charge in [0.1, 0.15) is 6.04 Å². The number of hydrogen-bond donors (Lipinski definition) is 0. The predicted molar refractivity (Wildman–Crippen MR) is 100 cm³/mol. The van der Waals surface area contributed by atoms with Crippen LogP contribution in [0.2, 0.25) is 0 Å². The molecule has 0 radical (unpaired) electrons. The molecule has 5 heteroatoms. The first-order valence-corrected chi connectivity index (χ1v) is 9.13. The second kappa shape index (κ2) is 9.12. The van der Waals surface area contributed by atoms with E-state index >= 15 is 0 Å². The standard InChI is InChI=1S/C21H24N4O/c22-16-20(19-9-5-11-23-17-19)24-12-14-25(15-13-24)21(26)10-4-8-18-6-2-1-3-7-18/h1-3,5-7,9,11,17,20H,4,8,10,12-15H2. The summed E-state index contributed by atoms with van der Waals surface area (Å²) in [6.45, 7) is 2.81. The third kappa shape index (κ3) is 4.68. The zero-order valence-corrected chi connectivity index (χ0v) is 14.9. The first-order valence-electron chi connectivity index (χ1n) is 9.13. The topological polar surface area (TPSA) is 60.2 Å². The van der Waals surface area contributed by atoms with E-state index in [1.807, 2.05) is 35.2 Å². The van der Waals surface area contributed by atoms with Crippen molar-refractivity contribution in [1.29, 1.82) is 5.26 Å². The number of nitriles is 1. The lowest BCUT2D eigenvalue weighted by Crippen LogP contribution is -2.49. The van der Waals surface area contributed by atoms with Gasteiger partial charge in [0.15, 0.2) is 0 Å². The molecule has 0 aliphatic carbocycles. The molecular formula is C21H24N4O. The number of rotatable bonds is 6. The Morgan fingerprint density at radius 2 is 1.88 bits per heavy atom. The summed E-state index contributed by atoms with van der Waals surface area (Å²) in [5.41, 5.74) is 2.19. The Balaban J connectivity index is 1.45. The largest absolute Gasteiger partial charge is 0.340 e. The summed E-state index contributed by atoms with van der Waals surface area (Å²) in [6.07, 6.45) is 5.85. The van der Waals surface area contributed by atoms with Crippen molar-refractivity contribution >= 4 is 5.91 Å². The van der Waals surface area contributed by atoms with E-state index in [0.717, 1.165) is 31.5 Å². The van der Waals surface area contributed by atoms with Gasteiger partial charge in [-0.25, -0.2) is 0 Å². The molecule has 2 heterocycles. The molecule has 1 fully saturated rings. The number of hydrogen-bond acceptors (Lipinski definition) is 4. The van der Waals surface area contributed by atoms with E-state index in [1.165, 1.54) is 5.56 Å². The van der Waals surface area contributed by atoms with E-state index in [2.05, 4.69) is 28.1 Å². The van der Waals surface area contributed by atoms with Gasteiger partial charge in [0.2, 0.25) is 5.91 Å². The van der Waals surface area contributed by atoms with Crippen molar-refractivity contribution in [2.75, 3.05) is 26.2 Å². The first kappa shape index (κ1) is 18.1. The van der Waals surface area contributed by atoms with Crippen molar-refractivity contribution in [3.05, 3.63) is 66.0 Å². The molecule has 5 nitrogen and oxygen atoms in total. The molecule has 1 aromatic carbocycles. The molecule has 26 heavy (non-hydrogen) atoms. The summed E-state index contributed by atoms with van der Waals surface area (Å²) in [7, 11) is 0. The molecule has 1 aliphatic heterocycles. The molecule has 0 bridgehead atoms. The van der Waals surface area contributed by atoms with Crippen LogP contribution in [0.15, 0.2) is 54.9 Å². The van der Waals surface area contributed by atoms with Crippen LogP contribution in [-0.2, 0) is 11.2 Å². The van der Waals surface area contributed by atoms with Crippen molar-refractivity contribution in [3.63, 3.8) is 0 Å². The molecular weight excluding hydrogens is 324 g/mol. The zero-order chi connectivity index (χ0) is 18.2. The molecule has 1 amide bonds. The number of carbonyl (C=O) groups is 1. The minimum absolute atomic E-state index is 0.218. The summed E-state index contributed by atoms with van der Waals surface area (Å²) in [5, 5.41) is 9.53. The normalized spacial score (nSPS) is 16.0. The third-order valence-corrected chi connectivity index (χ3v) is 4.85. The Kier molecular flexibility index (Phi) is 6.34. The number of nitrogens with zero attached hydrogens (tertiary/aromatic N) is 4. The SMILES string of the molecule is N#CC(c1cccnc1)N1CCN(C(=O)CCCc2ccccc2)CC1. The Bertz CT molecular complexity index is 734. The number of carbonyl (C=O) groups excluding carboxylic acids is 1. The van der Waals surface area contributed by atoms with Crippen LogP contribution in [0.25, 0.3) is 0 Å². The van der Waals surface area contributed by atoms with Crippen LogP contribution in [0.4, 0.5) is 0 Å². The first-order chi connectivity index (χ1) is 12.8. The van der Waals surface area contributed by atoms with Crippen LogP contribution in [0, 0.1) is 11.3 Å². The van der Waals surface area contributed by atoms with E-state index in [0.29, 0.717) is 19.5 Å². The van der Waals surface area contributed by atoms with Crippen LogP contribution in [0.1, 0.15) is 30.0 Å². The van der Waals surface area contributed by atoms with Gasteiger partial charge in [-0.15, -0.1) is 0 Å². The van der Waals surface area contributed by atoms with E-state index in [4.69, 9.17) is 0 Å². The van der Waals surface area contributed by atoms with Gasteiger partial charge in [-0.3, -0.25) is 14.7 Å². The van der Waals surface area contributed by atoms with Gasteiger partial charge in [0.05, 0.1) is 6.07 Å². The maximum atomic E-state index is 12.4. The highest BCUT2D eigenvalue weighted by Gasteiger charge is 2.26. The average molecular weight is 348 g/mol. The molecule has 1 unspecified atom stereocenters. The number of aryl methyl sites for hydroxylation is 1. The highest BCUT2D eigenvalue weighted by molar-refractivity contribution is 5.76. The second-order valence-corrected chi connectivity index (χ2v) is 6.57. The van der Waals surface area contributed by atoms with Crippen LogP contribution in [0.5, 0.6) is 0 Å². The number of benzene rings is 1. The van der Waals surface area contributed by atoms with Crippen molar-refractivity contribution < 1.29 is 4.79 Å². The number of amides is 1. The van der Waals surface area contributed by atoms with E-state index in [1.54, 1.807) is 12.4 Å². The lowest BCUT2D eigenvalue weighted by atomic mass is 10.1. The molecule has 0 N–H and O–H groups in total. The van der Waals surface area contributed by atoms with Gasteiger partial charge in [0.25, 0.3) is 0 Å². The molecule has 1 atom stereocenters. The Hall–Kier alpha value is -2.71. The fourth-order valence-corrected chi connectivity index (χ4v) is 3.38. The minimum Gasteiger partial charge on any atom is -0.340 e. The Labute approximate surface area is 154 Å². The fourth-order valence-electron chi connectivity index (χ4n) is 3.38. The number of aromatic nitrogens is 1. The summed E-state index contributed by atoms with van der Waals surface area (Å²) in [5.74, 6) is 0.218. The smallest absolute Gasteiger partial charge is 0.222 e. The Morgan fingerprint density at radius 1 is 1.12 bits per heavy atom. The van der Waals surface area contributed by atoms with Gasteiger partial charge >= 0.3 is 0 Å². The number of pyridine rings is 1. The highest BCUT2D eigenvalue weighted by Crippen LogP contribution is 2.21. The van der Waals surface area contributed by atoms with Crippen molar-refractivity contribution in [2.45, 2.75) is 25.3 Å². The summed E-state index contributed by atoms with van der Waals surface area (Å²) < 4.78 is 0. The quantitative estimate of drug-likeness (QED) is 0.805. The molecule has 1 aliphatic rings. The summed E-state index contributed by atoms with van der Waals surface area (Å²) >= 11 is 0. The summed E-state index contributed by atoms with van der Waals surface area (Å²) in [4.78, 5) is 20.6. The molecule has 2 aromatic rings. The molecule has 1 saturated heterocycles. The molecule has 1 aromatic heterocycles. The second-order valence-electron chi connectivity index (χ2n) is 6.57. The van der Waals surface area contributed by atoms with Gasteiger partial charge in [-0.05, 0) is 24.5 Å². The van der Waals surface area contributed by atoms with Gasteiger partial charge in [-0.1, -0.05) is 36.4 Å². The highest BCUT2D eigenvalue weighted by atomic mass is 16.2. The van der Waals surface area contributed by atoms with Crippen LogP contribution < -0.4 is 0 Å². The molecule has 0 spiro atoms. The Morgan fingerprint density at radius 3 is 2.54 bits per heavy atom. The van der Waals surface area contributed by atoms with Crippen LogP contribution in [0.3, 0.4) is 0 Å². The van der Waals surface area contributed by atoms with Gasteiger partial charge < -0.3 is 4.90 Å². The van der Waals surface area contributed by atoms with Crippen molar-refractivity contribution in [1.82, 2.24) is 14.8 Å². The van der Waals surface area contributed by atoms with Crippen LogP contribution in [-0.4, -0.2) is 46.9 Å². The van der Waals surface area contributed by atoms with E-state index in [9.17, 15) is 10.1 Å². The number of piperazine rings is 1. The monoisotopic (exact) mass is 348 g/mol. The predicted octanol–water partition coefficient (Wildman–Crippen LogP) is 2.81. The van der Waals surface area contributed by atoms with Crippen molar-refractivity contribution in [3.8, 4) is 6.07 Å². The summed E-state index contributed by atoms with van der Waals surface area (Å²) in [6, 6.07) is 16.1. The average Bonchev–Trinajstić information content (AvgIpc) is 2.71. The van der Waals surface area contributed by atoms with Gasteiger partial charge in [0, 0.05) is 50.6 Å². The third-order valence-electron chi connectivity index (χ3n) is 4.85. The molecule has 134 valence electrons. The fraction of sp³-hybridized carbons (Fsp3) is 0.381. The molecule has 3 rings (SSSR count). The maximum absolute atomic E-state index is 12.4. The lowest BCUT2D eigenvalue weighted by Gasteiger charge is -2.37. The zero-order valence-electron chi connectivity index (χ0n) is 14.9. The lowest BCUT2D eigenvalue weighted by molar-refractivity contribution is -0.133. The molecule has 0 saturated carbocycles. The van der Waals surface area contributed by atoms with E-state index < -0.39 is 0 Å².